The Kier molecular flexibility index (Phi) is 5.52. The van der Waals surface area contributed by atoms with Crippen LogP contribution in [0.15, 0.2) is 55.3 Å². The molecule has 23 heavy (non-hydrogen) atoms. The molecule has 2 rings (SSSR count). The van der Waals surface area contributed by atoms with Crippen molar-refractivity contribution in [3.05, 3.63) is 66.4 Å². The van der Waals surface area contributed by atoms with Gasteiger partial charge >= 0.3 is 0 Å². The molecule has 1 amide bonds. The van der Waals surface area contributed by atoms with E-state index in [0.717, 1.165) is 11.1 Å². The van der Waals surface area contributed by atoms with E-state index in [1.165, 1.54) is 6.08 Å². The molecule has 0 radical (unpaired) electrons. The Morgan fingerprint density at radius 1 is 1.39 bits per heavy atom. The highest BCUT2D eigenvalue weighted by atomic mass is 16.5. The van der Waals surface area contributed by atoms with Crippen LogP contribution in [-0.2, 0) is 4.79 Å². The molecule has 5 heteroatoms. The summed E-state index contributed by atoms with van der Waals surface area (Å²) >= 11 is 0. The minimum absolute atomic E-state index is 0.256. The van der Waals surface area contributed by atoms with Crippen LogP contribution >= 0.6 is 0 Å². The van der Waals surface area contributed by atoms with E-state index in [0.29, 0.717) is 23.9 Å². The van der Waals surface area contributed by atoms with Crippen LogP contribution in [0.2, 0.25) is 0 Å². The number of nitrogen functional groups attached to an aromatic ring is 1. The molecule has 0 atom stereocenters. The molecule has 1 heterocycles. The number of ether oxygens (including phenoxy) is 1. The van der Waals surface area contributed by atoms with Crippen LogP contribution < -0.4 is 15.8 Å². The third-order valence-corrected chi connectivity index (χ3v) is 2.98. The van der Waals surface area contributed by atoms with E-state index in [9.17, 15) is 4.79 Å². The summed E-state index contributed by atoms with van der Waals surface area (Å²) in [6.07, 6.45) is 6.41. The first-order chi connectivity index (χ1) is 11.1. The van der Waals surface area contributed by atoms with Crippen molar-refractivity contribution in [3.8, 4) is 5.75 Å². The fourth-order valence-corrected chi connectivity index (χ4v) is 1.90. The molecular formula is C18H19N3O2. The van der Waals surface area contributed by atoms with Gasteiger partial charge in [0.2, 0.25) is 5.91 Å². The Hall–Kier alpha value is -3.08. The number of benzene rings is 1. The van der Waals surface area contributed by atoms with Crippen LogP contribution in [0.4, 0.5) is 11.5 Å². The van der Waals surface area contributed by atoms with Gasteiger partial charge in [0, 0.05) is 12.3 Å². The molecule has 0 spiro atoms. The van der Waals surface area contributed by atoms with Gasteiger partial charge in [-0.05, 0) is 48.4 Å². The van der Waals surface area contributed by atoms with Gasteiger partial charge in [-0.15, -0.1) is 0 Å². The van der Waals surface area contributed by atoms with Crippen molar-refractivity contribution >= 4 is 23.5 Å². The Morgan fingerprint density at radius 2 is 2.22 bits per heavy atom. The summed E-state index contributed by atoms with van der Waals surface area (Å²) in [4.78, 5) is 16.0. The molecule has 5 nitrogen and oxygen atoms in total. The number of hydrogen-bond acceptors (Lipinski definition) is 4. The lowest BCUT2D eigenvalue weighted by molar-refractivity contribution is -0.111. The molecule has 0 unspecified atom stereocenters. The first-order valence-electron chi connectivity index (χ1n) is 7.13. The van der Waals surface area contributed by atoms with E-state index >= 15 is 0 Å². The van der Waals surface area contributed by atoms with Crippen molar-refractivity contribution in [1.82, 2.24) is 4.98 Å². The summed E-state index contributed by atoms with van der Waals surface area (Å²) in [7, 11) is 0. The van der Waals surface area contributed by atoms with E-state index in [1.807, 2.05) is 19.1 Å². The molecule has 0 fully saturated rings. The average Bonchev–Trinajstić information content (AvgIpc) is 2.52. The van der Waals surface area contributed by atoms with Crippen molar-refractivity contribution in [1.29, 1.82) is 0 Å². The lowest BCUT2D eigenvalue weighted by atomic mass is 10.1. The Morgan fingerprint density at radius 3 is 2.91 bits per heavy atom. The maximum absolute atomic E-state index is 11.9. The summed E-state index contributed by atoms with van der Waals surface area (Å²) in [5, 5.41) is 2.70. The first kappa shape index (κ1) is 16.3. The SMILES string of the molecule is C=CCOc1ccc(/C=C\C(=O)Nc2cc(C)ccn2)cc1N. The smallest absolute Gasteiger partial charge is 0.249 e. The minimum Gasteiger partial charge on any atom is -0.487 e. The Balaban J connectivity index is 2.00. The standard InChI is InChI=1S/C18H19N3O2/c1-3-10-23-16-6-4-14(12-15(16)19)5-7-18(22)21-17-11-13(2)8-9-20-17/h3-9,11-12H,1,10,19H2,2H3,(H,20,21,22)/b7-5-. The van der Waals surface area contributed by atoms with Crippen LogP contribution in [0.3, 0.4) is 0 Å². The summed E-state index contributed by atoms with van der Waals surface area (Å²) in [6, 6.07) is 8.99. The lowest BCUT2D eigenvalue weighted by Gasteiger charge is -2.07. The monoisotopic (exact) mass is 309 g/mol. The number of aromatic nitrogens is 1. The summed E-state index contributed by atoms with van der Waals surface area (Å²) in [5.74, 6) is 0.858. The largest absolute Gasteiger partial charge is 0.487 e. The number of pyridine rings is 1. The van der Waals surface area contributed by atoms with Gasteiger partial charge in [0.1, 0.15) is 18.2 Å². The van der Waals surface area contributed by atoms with Crippen molar-refractivity contribution in [2.75, 3.05) is 17.7 Å². The molecule has 0 aliphatic carbocycles. The third kappa shape index (κ3) is 5.00. The zero-order valence-corrected chi connectivity index (χ0v) is 13.0. The normalized spacial score (nSPS) is 10.5. The molecule has 0 saturated heterocycles. The molecule has 0 bridgehead atoms. The maximum atomic E-state index is 11.9. The number of anilines is 2. The van der Waals surface area contributed by atoms with E-state index in [4.69, 9.17) is 10.5 Å². The molecule has 118 valence electrons. The highest BCUT2D eigenvalue weighted by molar-refractivity contribution is 6.01. The fourth-order valence-electron chi connectivity index (χ4n) is 1.90. The molecule has 0 aliphatic rings. The molecule has 1 aromatic carbocycles. The topological polar surface area (TPSA) is 77.2 Å². The van der Waals surface area contributed by atoms with Gasteiger partial charge in [-0.2, -0.15) is 0 Å². The predicted octanol–water partition coefficient (Wildman–Crippen LogP) is 3.19. The first-order valence-corrected chi connectivity index (χ1v) is 7.13. The average molecular weight is 309 g/mol. The number of carbonyl (C=O) groups is 1. The van der Waals surface area contributed by atoms with Gasteiger partial charge in [0.15, 0.2) is 0 Å². The molecular weight excluding hydrogens is 290 g/mol. The summed E-state index contributed by atoms with van der Waals surface area (Å²) in [5.41, 5.74) is 8.25. The van der Waals surface area contributed by atoms with Gasteiger partial charge in [-0.1, -0.05) is 18.7 Å². The van der Waals surface area contributed by atoms with Gasteiger partial charge < -0.3 is 15.8 Å². The number of nitrogens with zero attached hydrogens (tertiary/aromatic N) is 1. The minimum atomic E-state index is -0.256. The maximum Gasteiger partial charge on any atom is 0.249 e. The van der Waals surface area contributed by atoms with Crippen molar-refractivity contribution in [2.45, 2.75) is 6.92 Å². The zero-order valence-electron chi connectivity index (χ0n) is 13.0. The van der Waals surface area contributed by atoms with Gasteiger partial charge in [-0.25, -0.2) is 4.98 Å². The number of carbonyl (C=O) groups excluding carboxylic acids is 1. The van der Waals surface area contributed by atoms with Crippen LogP contribution in [-0.4, -0.2) is 17.5 Å². The predicted molar refractivity (Wildman–Crippen MR) is 93.2 cm³/mol. The van der Waals surface area contributed by atoms with E-state index in [2.05, 4.69) is 16.9 Å². The second-order valence-corrected chi connectivity index (χ2v) is 4.94. The van der Waals surface area contributed by atoms with Crippen molar-refractivity contribution < 1.29 is 9.53 Å². The molecule has 0 aliphatic heterocycles. The molecule has 1 aromatic heterocycles. The van der Waals surface area contributed by atoms with Crippen LogP contribution in [0, 0.1) is 6.92 Å². The lowest BCUT2D eigenvalue weighted by Crippen LogP contribution is -2.09. The summed E-state index contributed by atoms with van der Waals surface area (Å²) < 4.78 is 5.40. The molecule has 3 N–H and O–H groups in total. The van der Waals surface area contributed by atoms with Crippen LogP contribution in [0.25, 0.3) is 6.08 Å². The van der Waals surface area contributed by atoms with E-state index in [-0.39, 0.29) is 5.91 Å². The highest BCUT2D eigenvalue weighted by Crippen LogP contribution is 2.23. The zero-order chi connectivity index (χ0) is 16.7. The Labute approximate surface area is 135 Å². The van der Waals surface area contributed by atoms with E-state index in [1.54, 1.807) is 36.5 Å². The van der Waals surface area contributed by atoms with Crippen LogP contribution in [0.1, 0.15) is 11.1 Å². The van der Waals surface area contributed by atoms with Gasteiger partial charge in [-0.3, -0.25) is 4.79 Å². The third-order valence-electron chi connectivity index (χ3n) is 2.98. The number of hydrogen-bond donors (Lipinski definition) is 2. The molecule has 2 aromatic rings. The van der Waals surface area contributed by atoms with Crippen molar-refractivity contribution in [2.24, 2.45) is 0 Å². The highest BCUT2D eigenvalue weighted by Gasteiger charge is 2.02. The second-order valence-electron chi connectivity index (χ2n) is 4.94. The molecule has 0 saturated carbocycles. The number of aryl methyl sites for hydroxylation is 1. The fraction of sp³-hybridized carbons (Fsp3) is 0.111. The van der Waals surface area contributed by atoms with E-state index < -0.39 is 0 Å². The number of rotatable bonds is 6. The number of nitrogens with two attached hydrogens (primary N) is 1. The number of nitrogens with one attached hydrogen (secondary N) is 1. The van der Waals surface area contributed by atoms with Crippen molar-refractivity contribution in [3.63, 3.8) is 0 Å². The van der Waals surface area contributed by atoms with Crippen LogP contribution in [0.5, 0.6) is 5.75 Å². The number of amides is 1. The van der Waals surface area contributed by atoms with Gasteiger partial charge in [0.05, 0.1) is 5.69 Å². The quantitative estimate of drug-likeness (QED) is 0.488. The Bertz CT molecular complexity index is 739. The van der Waals surface area contributed by atoms with Gasteiger partial charge in [0.25, 0.3) is 0 Å². The summed E-state index contributed by atoms with van der Waals surface area (Å²) in [6.45, 7) is 5.92. The second kappa shape index (κ2) is 7.79.